The molecule has 0 saturated heterocycles. The molecule has 12 heteroatoms. The third-order valence-electron chi connectivity index (χ3n) is 5.87. The van der Waals surface area contributed by atoms with Crippen LogP contribution in [0.4, 0.5) is 18.9 Å². The minimum Gasteiger partial charge on any atom is -0.497 e. The van der Waals surface area contributed by atoms with Gasteiger partial charge in [-0.05, 0) is 48.7 Å². The number of halogens is 3. The molecule has 38 heavy (non-hydrogen) atoms. The summed E-state index contributed by atoms with van der Waals surface area (Å²) in [4.78, 5) is 27.9. The number of hydrogen-bond donors (Lipinski definition) is 1. The standard InChI is InChI=1S/C26H34F3N3O5S/c1-5-7-15-30-25(34)23(6-2)31(17-19-11-13-22(37-3)14-12-19)24(33)18-32(38(4,35)36)21-10-8-9-20(16-21)26(27,28)29/h8-14,16,23H,5-7,15,17-18H2,1-4H3,(H,30,34)/t23-/m1/s1. The Bertz CT molecular complexity index is 1190. The first-order valence-electron chi connectivity index (χ1n) is 12.2. The Kier molecular flexibility index (Phi) is 11.0. The van der Waals surface area contributed by atoms with Gasteiger partial charge in [0.1, 0.15) is 18.3 Å². The zero-order valence-corrected chi connectivity index (χ0v) is 22.7. The predicted molar refractivity (Wildman–Crippen MR) is 139 cm³/mol. The summed E-state index contributed by atoms with van der Waals surface area (Å²) in [7, 11) is -2.65. The van der Waals surface area contributed by atoms with E-state index in [0.717, 1.165) is 31.2 Å². The predicted octanol–water partition coefficient (Wildman–Crippen LogP) is 4.20. The Morgan fingerprint density at radius 2 is 1.74 bits per heavy atom. The van der Waals surface area contributed by atoms with Crippen LogP contribution in [0.5, 0.6) is 5.75 Å². The highest BCUT2D eigenvalue weighted by molar-refractivity contribution is 7.92. The highest BCUT2D eigenvalue weighted by Crippen LogP contribution is 2.32. The fourth-order valence-corrected chi connectivity index (χ4v) is 4.65. The van der Waals surface area contributed by atoms with Crippen molar-refractivity contribution in [2.24, 2.45) is 0 Å². The van der Waals surface area contributed by atoms with Gasteiger partial charge in [-0.15, -0.1) is 0 Å². The number of rotatable bonds is 13. The van der Waals surface area contributed by atoms with Gasteiger partial charge < -0.3 is 15.0 Å². The molecule has 0 saturated carbocycles. The molecule has 0 aliphatic rings. The third-order valence-corrected chi connectivity index (χ3v) is 7.01. The van der Waals surface area contributed by atoms with Crippen molar-refractivity contribution in [3.63, 3.8) is 0 Å². The zero-order valence-electron chi connectivity index (χ0n) is 21.9. The molecule has 2 rings (SSSR count). The molecule has 0 unspecified atom stereocenters. The fraction of sp³-hybridized carbons (Fsp3) is 0.462. The van der Waals surface area contributed by atoms with Crippen LogP contribution in [0.15, 0.2) is 48.5 Å². The average Bonchev–Trinajstić information content (AvgIpc) is 2.86. The molecule has 1 atom stereocenters. The lowest BCUT2D eigenvalue weighted by Gasteiger charge is -2.33. The van der Waals surface area contributed by atoms with E-state index in [4.69, 9.17) is 4.74 Å². The molecular formula is C26H34F3N3O5S. The molecule has 0 fully saturated rings. The van der Waals surface area contributed by atoms with Crippen molar-refractivity contribution in [3.8, 4) is 5.75 Å². The van der Waals surface area contributed by atoms with Gasteiger partial charge >= 0.3 is 6.18 Å². The van der Waals surface area contributed by atoms with E-state index >= 15 is 0 Å². The number of amides is 2. The lowest BCUT2D eigenvalue weighted by Crippen LogP contribution is -2.52. The number of methoxy groups -OCH3 is 1. The van der Waals surface area contributed by atoms with E-state index in [1.807, 2.05) is 6.92 Å². The Hall–Kier alpha value is -3.28. The Morgan fingerprint density at radius 3 is 2.26 bits per heavy atom. The number of sulfonamides is 1. The number of ether oxygens (including phenoxy) is 1. The summed E-state index contributed by atoms with van der Waals surface area (Å²) in [6, 6.07) is 9.62. The van der Waals surface area contributed by atoms with Gasteiger partial charge in [0, 0.05) is 13.1 Å². The minimum absolute atomic E-state index is 0.0251. The van der Waals surface area contributed by atoms with E-state index in [1.165, 1.54) is 18.1 Å². The second-order valence-corrected chi connectivity index (χ2v) is 10.7. The van der Waals surface area contributed by atoms with Crippen molar-refractivity contribution in [2.45, 2.75) is 51.9 Å². The van der Waals surface area contributed by atoms with Crippen molar-refractivity contribution in [3.05, 3.63) is 59.7 Å². The van der Waals surface area contributed by atoms with Crippen LogP contribution in [0.3, 0.4) is 0 Å². The zero-order chi connectivity index (χ0) is 28.5. The Morgan fingerprint density at radius 1 is 1.08 bits per heavy atom. The number of nitrogens with one attached hydrogen (secondary N) is 1. The van der Waals surface area contributed by atoms with Gasteiger partial charge in [-0.1, -0.05) is 38.5 Å². The molecule has 0 bridgehead atoms. The lowest BCUT2D eigenvalue weighted by molar-refractivity contribution is -0.140. The molecule has 0 radical (unpaired) electrons. The SMILES string of the molecule is CCCCNC(=O)[C@@H](CC)N(Cc1ccc(OC)cc1)C(=O)CN(c1cccc(C(F)(F)F)c1)S(C)(=O)=O. The first kappa shape index (κ1) is 30.9. The molecule has 8 nitrogen and oxygen atoms in total. The molecule has 0 aromatic heterocycles. The normalized spacial score (nSPS) is 12.5. The first-order chi connectivity index (χ1) is 17.8. The number of benzene rings is 2. The number of unbranched alkanes of at least 4 members (excludes halogenated alkanes) is 1. The van der Waals surface area contributed by atoms with Crippen molar-refractivity contribution < 1.29 is 35.9 Å². The van der Waals surface area contributed by atoms with Crippen LogP contribution in [0, 0.1) is 0 Å². The second kappa shape index (κ2) is 13.5. The highest BCUT2D eigenvalue weighted by Gasteiger charge is 2.34. The van der Waals surface area contributed by atoms with Crippen molar-refractivity contribution in [1.82, 2.24) is 10.2 Å². The summed E-state index contributed by atoms with van der Waals surface area (Å²) >= 11 is 0. The van der Waals surface area contributed by atoms with Gasteiger partial charge in [-0.3, -0.25) is 13.9 Å². The second-order valence-electron chi connectivity index (χ2n) is 8.76. The summed E-state index contributed by atoms with van der Waals surface area (Å²) in [5.41, 5.74) is -0.697. The Labute approximate surface area is 221 Å². The van der Waals surface area contributed by atoms with Crippen LogP contribution in [0.1, 0.15) is 44.2 Å². The topological polar surface area (TPSA) is 96.0 Å². The Balaban J connectivity index is 2.45. The van der Waals surface area contributed by atoms with Gasteiger partial charge in [-0.2, -0.15) is 13.2 Å². The van der Waals surface area contributed by atoms with Crippen molar-refractivity contribution >= 4 is 27.5 Å². The summed E-state index contributed by atoms with van der Waals surface area (Å²) in [5.74, 6) is -0.544. The largest absolute Gasteiger partial charge is 0.497 e. The number of alkyl halides is 3. The average molecular weight is 558 g/mol. The third kappa shape index (κ3) is 8.64. The van der Waals surface area contributed by atoms with E-state index in [9.17, 15) is 31.2 Å². The van der Waals surface area contributed by atoms with Crippen LogP contribution in [-0.2, 0) is 32.3 Å². The summed E-state index contributed by atoms with van der Waals surface area (Å²) in [6.07, 6.45) is -2.06. The van der Waals surface area contributed by atoms with Crippen molar-refractivity contribution in [2.75, 3.05) is 30.8 Å². The van der Waals surface area contributed by atoms with Crippen LogP contribution < -0.4 is 14.4 Å². The quantitative estimate of drug-likeness (QED) is 0.373. The van der Waals surface area contributed by atoms with E-state index in [1.54, 1.807) is 31.2 Å². The summed E-state index contributed by atoms with van der Waals surface area (Å²) in [5, 5.41) is 2.80. The first-order valence-corrected chi connectivity index (χ1v) is 14.0. The smallest absolute Gasteiger partial charge is 0.416 e. The minimum atomic E-state index is -4.70. The molecule has 2 amide bonds. The summed E-state index contributed by atoms with van der Waals surface area (Å²) in [6.45, 7) is 3.30. The van der Waals surface area contributed by atoms with Gasteiger partial charge in [0.2, 0.25) is 21.8 Å². The van der Waals surface area contributed by atoms with Crippen molar-refractivity contribution in [1.29, 1.82) is 0 Å². The number of carbonyl (C=O) groups excluding carboxylic acids is 2. The molecule has 0 heterocycles. The lowest BCUT2D eigenvalue weighted by atomic mass is 10.1. The van der Waals surface area contributed by atoms with Gasteiger partial charge in [0.05, 0.1) is 24.6 Å². The fourth-order valence-electron chi connectivity index (χ4n) is 3.80. The number of carbonyl (C=O) groups is 2. The van der Waals surface area contributed by atoms with Crippen LogP contribution >= 0.6 is 0 Å². The van der Waals surface area contributed by atoms with E-state index < -0.39 is 46.2 Å². The molecule has 0 aliphatic heterocycles. The highest BCUT2D eigenvalue weighted by atomic mass is 32.2. The maximum absolute atomic E-state index is 13.6. The molecule has 0 aliphatic carbocycles. The molecular weight excluding hydrogens is 523 g/mol. The molecule has 1 N–H and O–H groups in total. The van der Waals surface area contributed by atoms with Crippen LogP contribution in [-0.4, -0.2) is 57.6 Å². The van der Waals surface area contributed by atoms with Gasteiger partial charge in [0.25, 0.3) is 0 Å². The van der Waals surface area contributed by atoms with Crippen LogP contribution in [0.25, 0.3) is 0 Å². The van der Waals surface area contributed by atoms with Crippen LogP contribution in [0.2, 0.25) is 0 Å². The van der Waals surface area contributed by atoms with Gasteiger partial charge in [0.15, 0.2) is 0 Å². The summed E-state index contributed by atoms with van der Waals surface area (Å²) < 4.78 is 70.9. The molecule has 0 spiro atoms. The number of hydrogen-bond acceptors (Lipinski definition) is 5. The molecule has 210 valence electrons. The van der Waals surface area contributed by atoms with E-state index in [-0.39, 0.29) is 18.7 Å². The number of anilines is 1. The maximum atomic E-state index is 13.6. The van der Waals surface area contributed by atoms with E-state index in [0.29, 0.717) is 28.2 Å². The molecule has 2 aromatic carbocycles. The number of nitrogens with zero attached hydrogens (tertiary/aromatic N) is 2. The van der Waals surface area contributed by atoms with E-state index in [2.05, 4.69) is 5.32 Å². The molecule has 2 aromatic rings. The monoisotopic (exact) mass is 557 g/mol. The maximum Gasteiger partial charge on any atom is 0.416 e. The van der Waals surface area contributed by atoms with Gasteiger partial charge in [-0.25, -0.2) is 8.42 Å².